The van der Waals surface area contributed by atoms with E-state index in [0.29, 0.717) is 10.2 Å². The SMILES string of the molecule is O=C(Nc1nc2ccc(Cl)cc2s1)c1cc(O)ccc1O. The number of fused-ring (bicyclic) bond motifs is 1. The molecule has 3 rings (SSSR count). The van der Waals surface area contributed by atoms with E-state index >= 15 is 0 Å². The van der Waals surface area contributed by atoms with Crippen LogP contribution in [0.4, 0.5) is 5.13 Å². The molecule has 0 saturated carbocycles. The van der Waals surface area contributed by atoms with E-state index in [0.717, 1.165) is 10.2 Å². The summed E-state index contributed by atoms with van der Waals surface area (Å²) in [6.45, 7) is 0. The molecular weight excluding hydrogens is 312 g/mol. The molecule has 3 N–H and O–H groups in total. The summed E-state index contributed by atoms with van der Waals surface area (Å²) in [5.74, 6) is -0.864. The van der Waals surface area contributed by atoms with Crippen molar-refractivity contribution in [2.24, 2.45) is 0 Å². The molecule has 0 aliphatic heterocycles. The zero-order chi connectivity index (χ0) is 15.0. The highest BCUT2D eigenvalue weighted by molar-refractivity contribution is 7.22. The highest BCUT2D eigenvalue weighted by Crippen LogP contribution is 2.29. The number of rotatable bonds is 2. The number of hydrogen-bond donors (Lipinski definition) is 3. The van der Waals surface area contributed by atoms with Crippen molar-refractivity contribution in [3.63, 3.8) is 0 Å². The van der Waals surface area contributed by atoms with Gasteiger partial charge in [0.25, 0.3) is 5.91 Å². The zero-order valence-electron chi connectivity index (χ0n) is 10.5. The number of benzene rings is 2. The summed E-state index contributed by atoms with van der Waals surface area (Å²) in [5, 5.41) is 22.6. The Morgan fingerprint density at radius 1 is 1.19 bits per heavy atom. The molecule has 1 aromatic heterocycles. The van der Waals surface area contributed by atoms with Crippen LogP contribution in [-0.4, -0.2) is 21.1 Å². The van der Waals surface area contributed by atoms with Crippen molar-refractivity contribution >= 4 is 44.2 Å². The Labute approximate surface area is 128 Å². The van der Waals surface area contributed by atoms with Gasteiger partial charge in [-0.3, -0.25) is 10.1 Å². The van der Waals surface area contributed by atoms with Crippen LogP contribution in [-0.2, 0) is 0 Å². The van der Waals surface area contributed by atoms with Crippen LogP contribution >= 0.6 is 22.9 Å². The van der Waals surface area contributed by atoms with Gasteiger partial charge in [0.15, 0.2) is 5.13 Å². The number of carbonyl (C=O) groups is 1. The quantitative estimate of drug-likeness (QED) is 0.630. The van der Waals surface area contributed by atoms with Gasteiger partial charge in [-0.1, -0.05) is 22.9 Å². The van der Waals surface area contributed by atoms with Gasteiger partial charge in [0.2, 0.25) is 0 Å². The predicted octanol–water partition coefficient (Wildman–Crippen LogP) is 3.61. The molecule has 7 heteroatoms. The Kier molecular flexibility index (Phi) is 3.40. The number of thiazole rings is 1. The molecular formula is C14H9ClN2O3S. The van der Waals surface area contributed by atoms with Crippen LogP contribution in [0.2, 0.25) is 5.02 Å². The highest BCUT2D eigenvalue weighted by Gasteiger charge is 2.14. The number of hydrogen-bond acceptors (Lipinski definition) is 5. The van der Waals surface area contributed by atoms with Crippen molar-refractivity contribution < 1.29 is 15.0 Å². The molecule has 0 aliphatic rings. The van der Waals surface area contributed by atoms with E-state index in [2.05, 4.69) is 10.3 Å². The normalized spacial score (nSPS) is 10.7. The van der Waals surface area contributed by atoms with Crippen LogP contribution in [0.5, 0.6) is 11.5 Å². The fraction of sp³-hybridized carbons (Fsp3) is 0. The van der Waals surface area contributed by atoms with Crippen molar-refractivity contribution in [1.82, 2.24) is 4.98 Å². The average Bonchev–Trinajstić information content (AvgIpc) is 2.82. The van der Waals surface area contributed by atoms with Gasteiger partial charge in [0.1, 0.15) is 11.5 Å². The third-order valence-electron chi connectivity index (χ3n) is 2.80. The molecule has 2 aromatic carbocycles. The van der Waals surface area contributed by atoms with Gasteiger partial charge in [-0.15, -0.1) is 0 Å². The number of nitrogens with zero attached hydrogens (tertiary/aromatic N) is 1. The fourth-order valence-corrected chi connectivity index (χ4v) is 2.96. The predicted molar refractivity (Wildman–Crippen MR) is 82.4 cm³/mol. The molecule has 5 nitrogen and oxygen atoms in total. The van der Waals surface area contributed by atoms with E-state index in [4.69, 9.17) is 11.6 Å². The van der Waals surface area contributed by atoms with Crippen molar-refractivity contribution in [1.29, 1.82) is 0 Å². The summed E-state index contributed by atoms with van der Waals surface area (Å²) in [6.07, 6.45) is 0. The van der Waals surface area contributed by atoms with Gasteiger partial charge < -0.3 is 10.2 Å². The Balaban J connectivity index is 1.90. The van der Waals surface area contributed by atoms with E-state index in [1.165, 1.54) is 29.5 Å². The summed E-state index contributed by atoms with van der Waals surface area (Å²) in [7, 11) is 0. The number of halogens is 1. The lowest BCUT2D eigenvalue weighted by Gasteiger charge is -2.04. The van der Waals surface area contributed by atoms with Crippen LogP contribution in [0.3, 0.4) is 0 Å². The van der Waals surface area contributed by atoms with Crippen molar-refractivity contribution in [3.8, 4) is 11.5 Å². The minimum Gasteiger partial charge on any atom is -0.508 e. The number of aromatic nitrogens is 1. The van der Waals surface area contributed by atoms with Gasteiger partial charge >= 0.3 is 0 Å². The first-order valence-electron chi connectivity index (χ1n) is 5.92. The van der Waals surface area contributed by atoms with E-state index in [9.17, 15) is 15.0 Å². The number of phenolic OH excluding ortho intramolecular Hbond substituents is 2. The number of nitrogens with one attached hydrogen (secondary N) is 1. The van der Waals surface area contributed by atoms with Gasteiger partial charge in [0.05, 0.1) is 15.8 Å². The minimum absolute atomic E-state index is 0.0210. The third-order valence-corrected chi connectivity index (χ3v) is 3.96. The maximum Gasteiger partial charge on any atom is 0.261 e. The fourth-order valence-electron chi connectivity index (χ4n) is 1.82. The Morgan fingerprint density at radius 2 is 2.00 bits per heavy atom. The van der Waals surface area contributed by atoms with E-state index in [1.807, 2.05) is 0 Å². The molecule has 0 aliphatic carbocycles. The summed E-state index contributed by atoms with van der Waals surface area (Å²) in [4.78, 5) is 16.3. The van der Waals surface area contributed by atoms with E-state index in [-0.39, 0.29) is 17.1 Å². The monoisotopic (exact) mass is 320 g/mol. The van der Waals surface area contributed by atoms with Crippen LogP contribution in [0.15, 0.2) is 36.4 Å². The van der Waals surface area contributed by atoms with Gasteiger partial charge in [0, 0.05) is 5.02 Å². The molecule has 0 unspecified atom stereocenters. The second kappa shape index (κ2) is 5.23. The van der Waals surface area contributed by atoms with Crippen molar-refractivity contribution in [3.05, 3.63) is 47.0 Å². The second-order valence-electron chi connectivity index (χ2n) is 4.29. The molecule has 3 aromatic rings. The first-order chi connectivity index (χ1) is 10.0. The van der Waals surface area contributed by atoms with Gasteiger partial charge in [-0.25, -0.2) is 4.98 Å². The molecule has 0 radical (unpaired) electrons. The number of aromatic hydroxyl groups is 2. The standard InChI is InChI=1S/C14H9ClN2O3S/c15-7-1-3-10-12(5-7)21-14(16-10)17-13(20)9-6-8(18)2-4-11(9)19/h1-6,18-19H,(H,16,17,20). The lowest BCUT2D eigenvalue weighted by molar-refractivity contribution is 0.102. The lowest BCUT2D eigenvalue weighted by Crippen LogP contribution is -2.11. The Bertz CT molecular complexity index is 847. The van der Waals surface area contributed by atoms with Crippen LogP contribution in [0, 0.1) is 0 Å². The largest absolute Gasteiger partial charge is 0.508 e. The second-order valence-corrected chi connectivity index (χ2v) is 5.75. The first kappa shape index (κ1) is 13.7. The highest BCUT2D eigenvalue weighted by atomic mass is 35.5. The Morgan fingerprint density at radius 3 is 2.81 bits per heavy atom. The molecule has 21 heavy (non-hydrogen) atoms. The molecule has 1 amide bonds. The topological polar surface area (TPSA) is 82.5 Å². The smallest absolute Gasteiger partial charge is 0.261 e. The lowest BCUT2D eigenvalue weighted by atomic mass is 10.2. The molecule has 106 valence electrons. The first-order valence-corrected chi connectivity index (χ1v) is 7.12. The molecule has 0 atom stereocenters. The zero-order valence-corrected chi connectivity index (χ0v) is 12.1. The average molecular weight is 321 g/mol. The van der Waals surface area contributed by atoms with Crippen LogP contribution < -0.4 is 5.32 Å². The van der Waals surface area contributed by atoms with E-state index < -0.39 is 5.91 Å². The number of anilines is 1. The maximum absolute atomic E-state index is 12.1. The summed E-state index contributed by atoms with van der Waals surface area (Å²) in [5.41, 5.74) is 0.701. The minimum atomic E-state index is -0.548. The summed E-state index contributed by atoms with van der Waals surface area (Å²) in [6, 6.07) is 8.98. The van der Waals surface area contributed by atoms with Crippen LogP contribution in [0.1, 0.15) is 10.4 Å². The summed E-state index contributed by atoms with van der Waals surface area (Å²) >= 11 is 7.17. The molecule has 0 fully saturated rings. The maximum atomic E-state index is 12.1. The molecule has 0 spiro atoms. The van der Waals surface area contributed by atoms with Crippen LogP contribution in [0.25, 0.3) is 10.2 Å². The number of carbonyl (C=O) groups excluding carboxylic acids is 1. The molecule has 0 saturated heterocycles. The Hall–Kier alpha value is -2.31. The third kappa shape index (κ3) is 2.76. The summed E-state index contributed by atoms with van der Waals surface area (Å²) < 4.78 is 0.845. The molecule has 0 bridgehead atoms. The number of amides is 1. The molecule has 1 heterocycles. The van der Waals surface area contributed by atoms with E-state index in [1.54, 1.807) is 18.2 Å². The number of phenols is 2. The van der Waals surface area contributed by atoms with Crippen molar-refractivity contribution in [2.75, 3.05) is 5.32 Å². The van der Waals surface area contributed by atoms with Gasteiger partial charge in [-0.05, 0) is 36.4 Å². The van der Waals surface area contributed by atoms with Crippen molar-refractivity contribution in [2.45, 2.75) is 0 Å². The van der Waals surface area contributed by atoms with Gasteiger partial charge in [-0.2, -0.15) is 0 Å².